The van der Waals surface area contributed by atoms with Crippen molar-refractivity contribution in [3.8, 4) is 5.75 Å². The van der Waals surface area contributed by atoms with E-state index in [9.17, 15) is 9.59 Å². The molecule has 0 aliphatic rings. The quantitative estimate of drug-likeness (QED) is 0.752. The number of hydrogen-bond acceptors (Lipinski definition) is 3. The molecule has 128 valence electrons. The summed E-state index contributed by atoms with van der Waals surface area (Å²) in [6, 6.07) is 13.1. The third-order valence-corrected chi connectivity index (χ3v) is 4.23. The van der Waals surface area contributed by atoms with Crippen molar-refractivity contribution in [1.29, 1.82) is 0 Å². The molecule has 1 heterocycles. The van der Waals surface area contributed by atoms with Gasteiger partial charge < -0.3 is 15.0 Å². The van der Waals surface area contributed by atoms with Gasteiger partial charge in [0, 0.05) is 23.5 Å². The molecule has 0 bridgehead atoms. The summed E-state index contributed by atoms with van der Waals surface area (Å²) in [5.41, 5.74) is 2.44. The highest BCUT2D eigenvalue weighted by Crippen LogP contribution is 2.19. The van der Waals surface area contributed by atoms with Crippen LogP contribution in [0.2, 0.25) is 0 Å². The van der Waals surface area contributed by atoms with Crippen LogP contribution in [-0.2, 0) is 6.42 Å². The molecule has 1 amide bonds. The lowest BCUT2D eigenvalue weighted by molar-refractivity contribution is 0.0955. The molecule has 5 heteroatoms. The van der Waals surface area contributed by atoms with Gasteiger partial charge in [-0.1, -0.05) is 30.3 Å². The molecule has 25 heavy (non-hydrogen) atoms. The van der Waals surface area contributed by atoms with Crippen molar-refractivity contribution in [3.63, 3.8) is 0 Å². The van der Waals surface area contributed by atoms with Crippen LogP contribution < -0.4 is 15.6 Å². The summed E-state index contributed by atoms with van der Waals surface area (Å²) >= 11 is 0. The number of carbonyl (C=O) groups is 1. The first-order chi connectivity index (χ1) is 12.1. The first-order valence-electron chi connectivity index (χ1n) is 8.12. The number of H-pyrrole nitrogens is 1. The molecule has 3 rings (SSSR count). The number of amides is 1. The van der Waals surface area contributed by atoms with Gasteiger partial charge in [0.25, 0.3) is 11.5 Å². The molecule has 0 saturated heterocycles. The van der Waals surface area contributed by atoms with E-state index >= 15 is 0 Å². The van der Waals surface area contributed by atoms with Crippen molar-refractivity contribution in [1.82, 2.24) is 10.3 Å². The van der Waals surface area contributed by atoms with Crippen LogP contribution in [0, 0.1) is 6.92 Å². The second kappa shape index (κ2) is 7.21. The van der Waals surface area contributed by atoms with Crippen LogP contribution in [0.1, 0.15) is 21.5 Å². The summed E-state index contributed by atoms with van der Waals surface area (Å²) in [4.78, 5) is 26.9. The largest absolute Gasteiger partial charge is 0.496 e. The smallest absolute Gasteiger partial charge is 0.255 e. The number of fused-ring (bicyclic) bond motifs is 1. The monoisotopic (exact) mass is 336 g/mol. The molecule has 0 atom stereocenters. The number of ether oxygens (including phenoxy) is 1. The molecule has 0 fully saturated rings. The van der Waals surface area contributed by atoms with E-state index in [0.29, 0.717) is 29.3 Å². The lowest BCUT2D eigenvalue weighted by Crippen LogP contribution is -2.26. The number of aromatic amines is 1. The Labute approximate surface area is 145 Å². The number of hydrogen-bond donors (Lipinski definition) is 2. The zero-order chi connectivity index (χ0) is 17.8. The van der Waals surface area contributed by atoms with Crippen LogP contribution in [0.25, 0.3) is 10.8 Å². The Balaban J connectivity index is 1.72. The van der Waals surface area contributed by atoms with Crippen molar-refractivity contribution < 1.29 is 9.53 Å². The van der Waals surface area contributed by atoms with Crippen LogP contribution in [0.15, 0.2) is 53.5 Å². The van der Waals surface area contributed by atoms with E-state index in [4.69, 9.17) is 4.74 Å². The number of carbonyl (C=O) groups excluding carboxylic acids is 1. The molecular weight excluding hydrogens is 316 g/mol. The molecule has 0 aliphatic heterocycles. The summed E-state index contributed by atoms with van der Waals surface area (Å²) in [5.74, 6) is 0.641. The molecule has 0 saturated carbocycles. The topological polar surface area (TPSA) is 71.2 Å². The van der Waals surface area contributed by atoms with Gasteiger partial charge in [0.1, 0.15) is 5.75 Å². The highest BCUT2D eigenvalue weighted by Gasteiger charge is 2.11. The van der Waals surface area contributed by atoms with Gasteiger partial charge in [0.05, 0.1) is 12.7 Å². The van der Waals surface area contributed by atoms with Crippen molar-refractivity contribution in [3.05, 3.63) is 75.7 Å². The van der Waals surface area contributed by atoms with E-state index in [2.05, 4.69) is 10.3 Å². The van der Waals surface area contributed by atoms with E-state index < -0.39 is 0 Å². The van der Waals surface area contributed by atoms with Crippen molar-refractivity contribution in [2.45, 2.75) is 13.3 Å². The van der Waals surface area contributed by atoms with E-state index in [1.165, 1.54) is 6.20 Å². The number of aromatic nitrogens is 1. The summed E-state index contributed by atoms with van der Waals surface area (Å²) < 4.78 is 5.32. The lowest BCUT2D eigenvalue weighted by atomic mass is 10.1. The lowest BCUT2D eigenvalue weighted by Gasteiger charge is -2.10. The Morgan fingerprint density at radius 3 is 2.68 bits per heavy atom. The Morgan fingerprint density at radius 1 is 1.16 bits per heavy atom. The standard InChI is InChI=1S/C20H20N2O3/c1-13-7-8-14(11-18(13)25-2)9-10-21-20(24)17-12-22-19(23)16-6-4-3-5-15(16)17/h3-8,11-12H,9-10H2,1-2H3,(H,21,24)(H,22,23). The van der Waals surface area contributed by atoms with Crippen LogP contribution in [-0.4, -0.2) is 24.5 Å². The molecule has 5 nitrogen and oxygen atoms in total. The third kappa shape index (κ3) is 3.55. The molecular formula is C20H20N2O3. The summed E-state index contributed by atoms with van der Waals surface area (Å²) in [6.07, 6.45) is 2.17. The maximum atomic E-state index is 12.5. The molecule has 3 aromatic rings. The zero-order valence-corrected chi connectivity index (χ0v) is 14.3. The molecule has 2 N–H and O–H groups in total. The van der Waals surface area contributed by atoms with E-state index in [1.807, 2.05) is 31.2 Å². The van der Waals surface area contributed by atoms with E-state index in [0.717, 1.165) is 16.9 Å². The first kappa shape index (κ1) is 16.8. The summed E-state index contributed by atoms with van der Waals surface area (Å²) in [7, 11) is 1.65. The fraction of sp³-hybridized carbons (Fsp3) is 0.200. The SMILES string of the molecule is COc1cc(CCNC(=O)c2c[nH]c(=O)c3ccccc23)ccc1C. The second-order valence-electron chi connectivity index (χ2n) is 5.89. The first-order valence-corrected chi connectivity index (χ1v) is 8.12. The number of aryl methyl sites for hydroxylation is 1. The van der Waals surface area contributed by atoms with Gasteiger partial charge in [0.2, 0.25) is 0 Å². The van der Waals surface area contributed by atoms with Crippen LogP contribution in [0.3, 0.4) is 0 Å². The average molecular weight is 336 g/mol. The van der Waals surface area contributed by atoms with Gasteiger partial charge in [-0.05, 0) is 36.6 Å². The fourth-order valence-corrected chi connectivity index (χ4v) is 2.83. The average Bonchev–Trinajstić information content (AvgIpc) is 2.63. The van der Waals surface area contributed by atoms with Gasteiger partial charge >= 0.3 is 0 Å². The summed E-state index contributed by atoms with van der Waals surface area (Å²) in [5, 5.41) is 4.08. The molecule has 2 aromatic carbocycles. The Hall–Kier alpha value is -3.08. The fourth-order valence-electron chi connectivity index (χ4n) is 2.83. The van der Waals surface area contributed by atoms with Gasteiger partial charge in [-0.2, -0.15) is 0 Å². The van der Waals surface area contributed by atoms with Crippen molar-refractivity contribution >= 4 is 16.7 Å². The summed E-state index contributed by atoms with van der Waals surface area (Å²) in [6.45, 7) is 2.49. The van der Waals surface area contributed by atoms with E-state index in [-0.39, 0.29) is 11.5 Å². The van der Waals surface area contributed by atoms with Crippen LogP contribution >= 0.6 is 0 Å². The minimum absolute atomic E-state index is 0.195. The second-order valence-corrected chi connectivity index (χ2v) is 5.89. The molecule has 0 radical (unpaired) electrons. The van der Waals surface area contributed by atoms with Crippen molar-refractivity contribution in [2.75, 3.05) is 13.7 Å². The number of pyridine rings is 1. The predicted molar refractivity (Wildman–Crippen MR) is 98.3 cm³/mol. The Kier molecular flexibility index (Phi) is 4.84. The predicted octanol–water partition coefficient (Wildman–Crippen LogP) is 2.82. The highest BCUT2D eigenvalue weighted by molar-refractivity contribution is 6.06. The normalized spacial score (nSPS) is 10.6. The van der Waals surface area contributed by atoms with Gasteiger partial charge in [-0.25, -0.2) is 0 Å². The minimum atomic E-state index is -0.202. The minimum Gasteiger partial charge on any atom is -0.496 e. The third-order valence-electron chi connectivity index (χ3n) is 4.23. The Bertz CT molecular complexity index is 976. The van der Waals surface area contributed by atoms with Crippen molar-refractivity contribution in [2.24, 2.45) is 0 Å². The Morgan fingerprint density at radius 2 is 1.92 bits per heavy atom. The number of nitrogens with one attached hydrogen (secondary N) is 2. The van der Waals surface area contributed by atoms with E-state index in [1.54, 1.807) is 25.3 Å². The molecule has 0 spiro atoms. The van der Waals surface area contributed by atoms with Crippen LogP contribution in [0.5, 0.6) is 5.75 Å². The molecule has 0 aliphatic carbocycles. The maximum absolute atomic E-state index is 12.5. The zero-order valence-electron chi connectivity index (χ0n) is 14.3. The van der Waals surface area contributed by atoms with Crippen LogP contribution in [0.4, 0.5) is 0 Å². The number of methoxy groups -OCH3 is 1. The van der Waals surface area contributed by atoms with Gasteiger partial charge in [0.15, 0.2) is 0 Å². The van der Waals surface area contributed by atoms with Gasteiger partial charge in [-0.15, -0.1) is 0 Å². The highest BCUT2D eigenvalue weighted by atomic mass is 16.5. The molecule has 0 unspecified atom stereocenters. The van der Waals surface area contributed by atoms with Gasteiger partial charge in [-0.3, -0.25) is 9.59 Å². The number of benzene rings is 2. The maximum Gasteiger partial charge on any atom is 0.255 e. The molecule has 1 aromatic heterocycles. The number of rotatable bonds is 5.